The second kappa shape index (κ2) is 7.51. The van der Waals surface area contributed by atoms with Crippen LogP contribution >= 0.6 is 0 Å². The van der Waals surface area contributed by atoms with Gasteiger partial charge in [0.05, 0.1) is 20.0 Å². The van der Waals surface area contributed by atoms with Crippen LogP contribution in [0, 0.1) is 5.82 Å². The largest absolute Gasteiger partial charge is 0.469 e. The molecule has 0 spiro atoms. The Morgan fingerprint density at radius 3 is 2.63 bits per heavy atom. The summed E-state index contributed by atoms with van der Waals surface area (Å²) in [5.41, 5.74) is 0.341. The first-order chi connectivity index (χ1) is 9.06. The van der Waals surface area contributed by atoms with Crippen molar-refractivity contribution < 1.29 is 18.7 Å². The number of nitrogens with one attached hydrogen (secondary N) is 1. The monoisotopic (exact) mass is 267 g/mol. The van der Waals surface area contributed by atoms with Gasteiger partial charge in [0.2, 0.25) is 5.91 Å². The van der Waals surface area contributed by atoms with Gasteiger partial charge in [-0.3, -0.25) is 9.59 Å². The van der Waals surface area contributed by atoms with E-state index in [0.29, 0.717) is 12.0 Å². The van der Waals surface area contributed by atoms with E-state index in [2.05, 4.69) is 10.1 Å². The van der Waals surface area contributed by atoms with Gasteiger partial charge in [-0.05, 0) is 18.1 Å². The maximum atomic E-state index is 13.4. The summed E-state index contributed by atoms with van der Waals surface area (Å²) < 4.78 is 17.9. The third kappa shape index (κ3) is 5.07. The van der Waals surface area contributed by atoms with Crippen LogP contribution in [-0.2, 0) is 20.7 Å². The second-order valence-electron chi connectivity index (χ2n) is 4.22. The van der Waals surface area contributed by atoms with E-state index in [1.165, 1.54) is 13.2 Å². The highest BCUT2D eigenvalue weighted by molar-refractivity contribution is 5.79. The first-order valence-electron chi connectivity index (χ1n) is 6.16. The zero-order chi connectivity index (χ0) is 14.3. The summed E-state index contributed by atoms with van der Waals surface area (Å²) >= 11 is 0. The highest BCUT2D eigenvalue weighted by Gasteiger charge is 2.16. The molecule has 0 bridgehead atoms. The fourth-order valence-electron chi connectivity index (χ4n) is 1.68. The Hall–Kier alpha value is -1.91. The van der Waals surface area contributed by atoms with Crippen molar-refractivity contribution in [1.29, 1.82) is 0 Å². The zero-order valence-corrected chi connectivity index (χ0v) is 11.1. The first kappa shape index (κ1) is 15.1. The molecule has 1 rings (SSSR count). The molecule has 0 aromatic heterocycles. The minimum Gasteiger partial charge on any atom is -0.469 e. The van der Waals surface area contributed by atoms with Crippen LogP contribution in [0.2, 0.25) is 0 Å². The highest BCUT2D eigenvalue weighted by atomic mass is 19.1. The molecule has 5 heteroatoms. The molecule has 0 radical (unpaired) electrons. The number of methoxy groups -OCH3 is 1. The van der Waals surface area contributed by atoms with Crippen molar-refractivity contribution in [3.63, 3.8) is 0 Å². The fraction of sp³-hybridized carbons (Fsp3) is 0.429. The number of amides is 1. The van der Waals surface area contributed by atoms with Gasteiger partial charge in [0.15, 0.2) is 0 Å². The van der Waals surface area contributed by atoms with E-state index < -0.39 is 5.82 Å². The third-order valence-corrected chi connectivity index (χ3v) is 2.81. The van der Waals surface area contributed by atoms with Crippen molar-refractivity contribution in [2.45, 2.75) is 32.2 Å². The van der Waals surface area contributed by atoms with Crippen LogP contribution in [0.4, 0.5) is 4.39 Å². The number of halogens is 1. The normalized spacial score (nSPS) is 11.7. The number of benzene rings is 1. The predicted octanol–water partition coefficient (Wildman–Crippen LogP) is 1.83. The molecule has 0 aliphatic heterocycles. The van der Waals surface area contributed by atoms with Crippen molar-refractivity contribution >= 4 is 11.9 Å². The lowest BCUT2D eigenvalue weighted by molar-refractivity contribution is -0.141. The lowest BCUT2D eigenvalue weighted by Crippen LogP contribution is -2.37. The predicted molar refractivity (Wildman–Crippen MR) is 69.0 cm³/mol. The molecule has 0 fully saturated rings. The summed E-state index contributed by atoms with van der Waals surface area (Å²) in [6, 6.07) is 5.84. The number of rotatable bonds is 6. The van der Waals surface area contributed by atoms with Crippen LogP contribution in [-0.4, -0.2) is 25.0 Å². The van der Waals surface area contributed by atoms with Gasteiger partial charge in [0, 0.05) is 6.04 Å². The smallest absolute Gasteiger partial charge is 0.307 e. The molecule has 0 heterocycles. The van der Waals surface area contributed by atoms with Crippen molar-refractivity contribution in [3.05, 3.63) is 35.6 Å². The number of carbonyl (C=O) groups excluding carboxylic acids is 2. The summed E-state index contributed by atoms with van der Waals surface area (Å²) in [5, 5.41) is 2.70. The van der Waals surface area contributed by atoms with E-state index in [9.17, 15) is 14.0 Å². The quantitative estimate of drug-likeness (QED) is 0.800. The highest BCUT2D eigenvalue weighted by Crippen LogP contribution is 2.07. The summed E-state index contributed by atoms with van der Waals surface area (Å²) in [6.07, 6.45) is 0.693. The second-order valence-corrected chi connectivity index (χ2v) is 4.22. The Labute approximate surface area is 112 Å². The number of carbonyl (C=O) groups is 2. The van der Waals surface area contributed by atoms with Gasteiger partial charge in [-0.25, -0.2) is 4.39 Å². The maximum absolute atomic E-state index is 13.4. The van der Waals surface area contributed by atoms with Crippen LogP contribution in [0.15, 0.2) is 24.3 Å². The van der Waals surface area contributed by atoms with E-state index in [-0.39, 0.29) is 30.8 Å². The number of hydrogen-bond acceptors (Lipinski definition) is 3. The Kier molecular flexibility index (Phi) is 5.99. The van der Waals surface area contributed by atoms with Crippen LogP contribution in [0.25, 0.3) is 0 Å². The van der Waals surface area contributed by atoms with Crippen LogP contribution < -0.4 is 5.32 Å². The van der Waals surface area contributed by atoms with Gasteiger partial charge >= 0.3 is 5.97 Å². The molecule has 1 N–H and O–H groups in total. The Bertz CT molecular complexity index is 448. The first-order valence-corrected chi connectivity index (χ1v) is 6.16. The Morgan fingerprint density at radius 2 is 2.05 bits per heavy atom. The van der Waals surface area contributed by atoms with E-state index >= 15 is 0 Å². The Balaban J connectivity index is 2.54. The standard InChI is InChI=1S/C14H18FNO3/c1-3-11(9-14(18)19-2)16-13(17)8-10-6-4-5-7-12(10)15/h4-7,11H,3,8-9H2,1-2H3,(H,16,17). The molecule has 104 valence electrons. The molecule has 1 atom stereocenters. The fourth-order valence-corrected chi connectivity index (χ4v) is 1.68. The molecule has 0 aliphatic carbocycles. The summed E-state index contributed by atoms with van der Waals surface area (Å²) in [4.78, 5) is 22.9. The Morgan fingerprint density at radius 1 is 1.37 bits per heavy atom. The van der Waals surface area contributed by atoms with Gasteiger partial charge in [-0.2, -0.15) is 0 Å². The van der Waals surface area contributed by atoms with E-state index in [1.54, 1.807) is 18.2 Å². The lowest BCUT2D eigenvalue weighted by Gasteiger charge is -2.15. The summed E-state index contributed by atoms with van der Waals surface area (Å²) in [6.45, 7) is 1.86. The molecule has 1 unspecified atom stereocenters. The molecular weight excluding hydrogens is 249 g/mol. The number of ether oxygens (including phenoxy) is 1. The molecule has 4 nitrogen and oxygen atoms in total. The molecular formula is C14H18FNO3. The van der Waals surface area contributed by atoms with Gasteiger partial charge in [-0.15, -0.1) is 0 Å². The molecule has 0 saturated carbocycles. The SMILES string of the molecule is CCC(CC(=O)OC)NC(=O)Cc1ccccc1F. The van der Waals surface area contributed by atoms with E-state index in [4.69, 9.17) is 0 Å². The maximum Gasteiger partial charge on any atom is 0.307 e. The van der Waals surface area contributed by atoms with Crippen molar-refractivity contribution in [1.82, 2.24) is 5.32 Å². The van der Waals surface area contributed by atoms with E-state index in [1.807, 2.05) is 6.92 Å². The van der Waals surface area contributed by atoms with Gasteiger partial charge < -0.3 is 10.1 Å². The van der Waals surface area contributed by atoms with Crippen molar-refractivity contribution in [2.24, 2.45) is 0 Å². The average Bonchev–Trinajstić information content (AvgIpc) is 2.40. The van der Waals surface area contributed by atoms with Crippen LogP contribution in [0.1, 0.15) is 25.3 Å². The summed E-state index contributed by atoms with van der Waals surface area (Å²) in [7, 11) is 1.30. The molecule has 0 saturated heterocycles. The van der Waals surface area contributed by atoms with E-state index in [0.717, 1.165) is 0 Å². The average molecular weight is 267 g/mol. The minimum absolute atomic E-state index is 0.0374. The van der Waals surface area contributed by atoms with Gasteiger partial charge in [-0.1, -0.05) is 25.1 Å². The number of hydrogen-bond donors (Lipinski definition) is 1. The molecule has 1 aromatic carbocycles. The molecule has 1 aromatic rings. The van der Waals surface area contributed by atoms with Gasteiger partial charge in [0.25, 0.3) is 0 Å². The minimum atomic E-state index is -0.404. The topological polar surface area (TPSA) is 55.4 Å². The number of esters is 1. The molecule has 0 aliphatic rings. The van der Waals surface area contributed by atoms with Crippen LogP contribution in [0.5, 0.6) is 0 Å². The van der Waals surface area contributed by atoms with Crippen LogP contribution in [0.3, 0.4) is 0 Å². The van der Waals surface area contributed by atoms with Crippen molar-refractivity contribution in [3.8, 4) is 0 Å². The van der Waals surface area contributed by atoms with Crippen molar-refractivity contribution in [2.75, 3.05) is 7.11 Å². The molecule has 1 amide bonds. The summed E-state index contributed by atoms with van der Waals surface area (Å²) in [5.74, 6) is -1.09. The lowest BCUT2D eigenvalue weighted by atomic mass is 10.1. The third-order valence-electron chi connectivity index (χ3n) is 2.81. The zero-order valence-electron chi connectivity index (χ0n) is 11.1. The van der Waals surface area contributed by atoms with Gasteiger partial charge in [0.1, 0.15) is 5.82 Å². The molecule has 19 heavy (non-hydrogen) atoms.